The minimum absolute atomic E-state index is 0.0138. The number of anilines is 3. The summed E-state index contributed by atoms with van der Waals surface area (Å²) in [7, 11) is 0. The first kappa shape index (κ1) is 33.1. The Morgan fingerprint density at radius 1 is 0.808 bits per heavy atom. The van der Waals surface area contributed by atoms with Crippen LogP contribution in [0.25, 0.3) is 0 Å². The molecule has 6 aliphatic rings. The highest BCUT2D eigenvalue weighted by Crippen LogP contribution is 2.65. The summed E-state index contributed by atoms with van der Waals surface area (Å²) in [6.45, 7) is 2.70. The van der Waals surface area contributed by atoms with Crippen molar-refractivity contribution in [2.24, 2.45) is 23.7 Å². The molecule has 9 rings (SSSR count). The minimum atomic E-state index is -2.08. The maximum absolute atomic E-state index is 14.6. The lowest BCUT2D eigenvalue weighted by atomic mass is 9.56. The molecule has 0 radical (unpaired) electrons. The van der Waals surface area contributed by atoms with E-state index in [-0.39, 0.29) is 36.6 Å². The molecule has 266 valence electrons. The van der Waals surface area contributed by atoms with Crippen molar-refractivity contribution in [2.75, 3.05) is 41.0 Å². The van der Waals surface area contributed by atoms with Crippen LogP contribution in [0, 0.1) is 29.5 Å². The maximum Gasteiger partial charge on any atom is 0.258 e. The number of alkyl halides is 2. The van der Waals surface area contributed by atoms with Crippen molar-refractivity contribution < 1.29 is 38.1 Å². The molecule has 3 aromatic carbocycles. The Morgan fingerprint density at radius 2 is 1.48 bits per heavy atom. The lowest BCUT2D eigenvalue weighted by Gasteiger charge is -2.51. The van der Waals surface area contributed by atoms with Crippen LogP contribution in [-0.2, 0) is 30.3 Å². The fraction of sp³-hybridized carbons (Fsp3) is 0.333. The number of rotatable bonds is 4. The number of aromatic hydroxyl groups is 1. The highest BCUT2D eigenvalue weighted by Gasteiger charge is 2.77. The van der Waals surface area contributed by atoms with Gasteiger partial charge in [-0.25, -0.2) is 9.29 Å². The smallest absolute Gasteiger partial charge is 0.258 e. The number of phenols is 1. The largest absolute Gasteiger partial charge is 0.508 e. The van der Waals surface area contributed by atoms with Crippen LogP contribution in [0.2, 0.25) is 0 Å². The lowest BCUT2D eigenvalue weighted by Crippen LogP contribution is -2.61. The summed E-state index contributed by atoms with van der Waals surface area (Å²) < 4.78 is 25.4. The van der Waals surface area contributed by atoms with Crippen LogP contribution in [0.15, 0.2) is 90.2 Å². The molecule has 52 heavy (non-hydrogen) atoms. The first-order valence-corrected chi connectivity index (χ1v) is 18.0. The van der Waals surface area contributed by atoms with E-state index in [0.717, 1.165) is 35.8 Å². The third kappa shape index (κ3) is 4.65. The third-order valence-electron chi connectivity index (χ3n) is 11.5. The Bertz CT molecular complexity index is 2120. The summed E-state index contributed by atoms with van der Waals surface area (Å²) in [5, 5.41) is 10.3. The van der Waals surface area contributed by atoms with E-state index in [0.29, 0.717) is 41.4 Å². The van der Waals surface area contributed by atoms with Crippen molar-refractivity contribution in [1.29, 1.82) is 0 Å². The monoisotopic (exact) mass is 743 g/mol. The lowest BCUT2D eigenvalue weighted by molar-refractivity contribution is -0.125. The number of fused-ring (bicyclic) bond motifs is 5. The second-order valence-electron chi connectivity index (χ2n) is 14.2. The van der Waals surface area contributed by atoms with Gasteiger partial charge in [0, 0.05) is 36.7 Å². The molecule has 10 nitrogen and oxygen atoms in total. The number of allylic oxidation sites excluding steroid dienone is 3. The van der Waals surface area contributed by atoms with Crippen molar-refractivity contribution in [3.05, 3.63) is 102 Å². The van der Waals surface area contributed by atoms with Crippen molar-refractivity contribution in [3.63, 3.8) is 0 Å². The van der Waals surface area contributed by atoms with E-state index in [1.807, 2.05) is 18.2 Å². The van der Waals surface area contributed by atoms with Crippen molar-refractivity contribution in [2.45, 2.75) is 29.0 Å². The normalized spacial score (nSPS) is 31.0. The van der Waals surface area contributed by atoms with Gasteiger partial charge < -0.3 is 19.5 Å². The van der Waals surface area contributed by atoms with Crippen LogP contribution in [-0.4, -0.2) is 64.8 Å². The van der Waals surface area contributed by atoms with Gasteiger partial charge in [-0.05, 0) is 91.1 Å². The highest BCUT2D eigenvalue weighted by atomic mass is 35.5. The number of amides is 4. The summed E-state index contributed by atoms with van der Waals surface area (Å²) >= 11 is 15.0. The zero-order chi connectivity index (χ0) is 36.1. The SMILES string of the molecule is O=C1[C@H]2[C@H](CC=C3[C@H](C4=COc5ccc(O)cc5C4)[C@]4(Cl)C(=O)N(c5ccc(F)cc5)C(=O)[C@]4(Cl)C[C@H]32)C(=O)N1c1ccc(N2CCOCC2)cc1. The van der Waals surface area contributed by atoms with E-state index >= 15 is 0 Å². The average molecular weight is 745 g/mol. The fourth-order valence-electron chi connectivity index (χ4n) is 9.10. The van der Waals surface area contributed by atoms with E-state index in [9.17, 15) is 28.7 Å². The highest BCUT2D eigenvalue weighted by molar-refractivity contribution is 6.58. The number of morpholine rings is 1. The van der Waals surface area contributed by atoms with Crippen LogP contribution in [0.3, 0.4) is 0 Å². The van der Waals surface area contributed by atoms with Gasteiger partial charge in [0.25, 0.3) is 11.8 Å². The van der Waals surface area contributed by atoms with Crippen molar-refractivity contribution in [3.8, 4) is 11.5 Å². The summed E-state index contributed by atoms with van der Waals surface area (Å²) in [6.07, 6.45) is 3.56. The standard InChI is InChI=1S/C39H32Cl2FN3O7/c40-38-19-30-28(10-11-29-32(30)35(48)44(34(29)47)25-7-5-24(6-8-25)43-13-15-51-16-14-43)33(22-17-21-18-27(46)9-12-31(21)52-20-22)39(38,41)37(50)45(36(38)49)26-3-1-23(42)2-4-26/h1-10,12,18,20,29-30,32-33,46H,11,13-17,19H2/t29-,30+,32-,33-,38+,39-/m0/s1. The molecule has 0 spiro atoms. The number of carbonyl (C=O) groups excluding carboxylic acids is 4. The molecule has 0 bridgehead atoms. The van der Waals surface area contributed by atoms with Crippen LogP contribution < -0.4 is 19.4 Å². The number of hydrogen-bond donors (Lipinski definition) is 1. The van der Waals surface area contributed by atoms with Gasteiger partial charge in [0.2, 0.25) is 11.8 Å². The van der Waals surface area contributed by atoms with E-state index < -0.39 is 57.0 Å². The average Bonchev–Trinajstić information content (AvgIpc) is 3.49. The molecule has 4 amide bonds. The first-order chi connectivity index (χ1) is 25.0. The minimum Gasteiger partial charge on any atom is -0.508 e. The number of hydrogen-bond acceptors (Lipinski definition) is 8. The Labute approximate surface area is 308 Å². The summed E-state index contributed by atoms with van der Waals surface area (Å²) in [4.78, 5) is 57.9. The summed E-state index contributed by atoms with van der Waals surface area (Å²) in [5.41, 5.74) is 3.26. The number of imide groups is 2. The molecule has 13 heteroatoms. The fourth-order valence-corrected chi connectivity index (χ4v) is 10.0. The van der Waals surface area contributed by atoms with Crippen LogP contribution in [0.5, 0.6) is 11.5 Å². The number of phenolic OH excluding ortho intramolecular Hbond substituents is 1. The number of halogens is 3. The van der Waals surface area contributed by atoms with Crippen LogP contribution in [0.1, 0.15) is 18.4 Å². The Kier molecular flexibility index (Phi) is 7.59. The second-order valence-corrected chi connectivity index (χ2v) is 15.4. The molecule has 4 fully saturated rings. The maximum atomic E-state index is 14.6. The molecule has 1 saturated carbocycles. The Morgan fingerprint density at radius 3 is 2.21 bits per heavy atom. The molecule has 0 unspecified atom stereocenters. The van der Waals surface area contributed by atoms with Gasteiger partial charge >= 0.3 is 0 Å². The van der Waals surface area contributed by atoms with E-state index in [2.05, 4.69) is 4.90 Å². The van der Waals surface area contributed by atoms with Gasteiger partial charge in [0.1, 0.15) is 17.3 Å². The Hall–Kier alpha value is -4.71. The molecular weight excluding hydrogens is 712 g/mol. The predicted molar refractivity (Wildman–Crippen MR) is 190 cm³/mol. The summed E-state index contributed by atoms with van der Waals surface area (Å²) in [6, 6.07) is 16.9. The van der Waals surface area contributed by atoms with E-state index in [4.69, 9.17) is 32.7 Å². The van der Waals surface area contributed by atoms with Gasteiger partial charge in [0.05, 0.1) is 42.7 Å². The number of nitrogens with zero attached hydrogens (tertiary/aromatic N) is 3. The van der Waals surface area contributed by atoms with Crippen molar-refractivity contribution in [1.82, 2.24) is 0 Å². The molecular formula is C39H32Cl2FN3O7. The van der Waals surface area contributed by atoms with Gasteiger partial charge in [-0.2, -0.15) is 0 Å². The molecule has 2 aliphatic carbocycles. The summed E-state index contributed by atoms with van der Waals surface area (Å²) in [5.74, 6) is -5.76. The molecule has 4 heterocycles. The molecule has 3 aromatic rings. The topological polar surface area (TPSA) is 117 Å². The number of benzene rings is 3. The zero-order valence-corrected chi connectivity index (χ0v) is 29.1. The molecule has 3 saturated heterocycles. The van der Waals surface area contributed by atoms with E-state index in [1.165, 1.54) is 29.4 Å². The molecule has 1 N–H and O–H groups in total. The predicted octanol–water partition coefficient (Wildman–Crippen LogP) is 5.49. The molecule has 6 atom stereocenters. The van der Waals surface area contributed by atoms with Gasteiger partial charge in [-0.3, -0.25) is 24.1 Å². The molecule has 4 aliphatic heterocycles. The number of carbonyl (C=O) groups is 4. The molecule has 0 aromatic heterocycles. The quantitative estimate of drug-likeness (QED) is 0.212. The van der Waals surface area contributed by atoms with Crippen LogP contribution in [0.4, 0.5) is 21.5 Å². The Balaban J connectivity index is 1.13. The van der Waals surface area contributed by atoms with Crippen LogP contribution >= 0.6 is 23.2 Å². The van der Waals surface area contributed by atoms with E-state index in [1.54, 1.807) is 24.3 Å². The number of ether oxygens (including phenoxy) is 2. The zero-order valence-electron chi connectivity index (χ0n) is 27.6. The van der Waals surface area contributed by atoms with Gasteiger partial charge in [-0.1, -0.05) is 11.6 Å². The third-order valence-corrected chi connectivity index (χ3v) is 12.9. The first-order valence-electron chi connectivity index (χ1n) is 17.2. The van der Waals surface area contributed by atoms with Crippen molar-refractivity contribution >= 4 is 63.9 Å². The second kappa shape index (κ2) is 11.9. The van der Waals surface area contributed by atoms with Gasteiger partial charge in [-0.15, -0.1) is 23.2 Å². The van der Waals surface area contributed by atoms with Gasteiger partial charge in [0.15, 0.2) is 9.75 Å².